The van der Waals surface area contributed by atoms with Crippen LogP contribution in [0.5, 0.6) is 0 Å². The van der Waals surface area contributed by atoms with Crippen LogP contribution >= 0.6 is 27.3 Å². The van der Waals surface area contributed by atoms with Crippen molar-refractivity contribution in [2.24, 2.45) is 0 Å². The van der Waals surface area contributed by atoms with Crippen molar-refractivity contribution in [3.8, 4) is 0 Å². The Morgan fingerprint density at radius 3 is 3.00 bits per heavy atom. The zero-order valence-corrected chi connectivity index (χ0v) is 12.8. The van der Waals surface area contributed by atoms with Gasteiger partial charge in [0.25, 0.3) is 0 Å². The SMILES string of the molecule is O=C(OCc1cccc(Br)c1)c1ccc2ncsc2c1. The third-order valence-electron chi connectivity index (χ3n) is 2.83. The summed E-state index contributed by atoms with van der Waals surface area (Å²) >= 11 is 4.90. The Bertz CT molecular complexity index is 769. The molecule has 0 bridgehead atoms. The summed E-state index contributed by atoms with van der Waals surface area (Å²) in [6.45, 7) is 0.263. The smallest absolute Gasteiger partial charge is 0.338 e. The molecule has 0 N–H and O–H groups in total. The van der Waals surface area contributed by atoms with Gasteiger partial charge in [-0.25, -0.2) is 9.78 Å². The Morgan fingerprint density at radius 2 is 2.15 bits per heavy atom. The van der Waals surface area contributed by atoms with E-state index in [9.17, 15) is 4.79 Å². The van der Waals surface area contributed by atoms with Crippen molar-refractivity contribution >= 4 is 43.5 Å². The number of ether oxygens (including phenoxy) is 1. The summed E-state index contributed by atoms with van der Waals surface area (Å²) in [5.74, 6) is -0.319. The summed E-state index contributed by atoms with van der Waals surface area (Å²) in [5, 5.41) is 0. The Kier molecular flexibility index (Phi) is 3.80. The van der Waals surface area contributed by atoms with Gasteiger partial charge in [0.1, 0.15) is 6.61 Å². The van der Waals surface area contributed by atoms with Gasteiger partial charge in [0.2, 0.25) is 0 Å². The molecule has 0 unspecified atom stereocenters. The monoisotopic (exact) mass is 347 g/mol. The van der Waals surface area contributed by atoms with E-state index in [0.717, 1.165) is 20.3 Å². The van der Waals surface area contributed by atoms with Gasteiger partial charge in [-0.3, -0.25) is 0 Å². The van der Waals surface area contributed by atoms with E-state index in [2.05, 4.69) is 20.9 Å². The molecule has 0 amide bonds. The molecule has 3 rings (SSSR count). The number of halogens is 1. The van der Waals surface area contributed by atoms with Crippen molar-refractivity contribution in [1.82, 2.24) is 4.98 Å². The van der Waals surface area contributed by atoms with Crippen LogP contribution in [0.25, 0.3) is 10.2 Å². The Balaban J connectivity index is 1.72. The molecule has 3 nitrogen and oxygen atoms in total. The molecule has 0 spiro atoms. The summed E-state index contributed by atoms with van der Waals surface area (Å²) in [7, 11) is 0. The van der Waals surface area contributed by atoms with E-state index >= 15 is 0 Å². The van der Waals surface area contributed by atoms with Crippen molar-refractivity contribution in [1.29, 1.82) is 0 Å². The van der Waals surface area contributed by atoms with E-state index in [-0.39, 0.29) is 12.6 Å². The number of carbonyl (C=O) groups excluding carboxylic acids is 1. The summed E-state index contributed by atoms with van der Waals surface area (Å²) < 4.78 is 7.28. The minimum absolute atomic E-state index is 0.263. The number of hydrogen-bond acceptors (Lipinski definition) is 4. The van der Waals surface area contributed by atoms with Crippen LogP contribution in [0.4, 0.5) is 0 Å². The number of esters is 1. The second kappa shape index (κ2) is 5.73. The van der Waals surface area contributed by atoms with E-state index in [1.807, 2.05) is 36.4 Å². The second-order valence-corrected chi connectivity index (χ2v) is 6.04. The van der Waals surface area contributed by atoms with Gasteiger partial charge in [-0.1, -0.05) is 28.1 Å². The molecule has 20 heavy (non-hydrogen) atoms. The lowest BCUT2D eigenvalue weighted by atomic mass is 10.2. The van der Waals surface area contributed by atoms with Gasteiger partial charge >= 0.3 is 5.97 Å². The van der Waals surface area contributed by atoms with Crippen LogP contribution in [0, 0.1) is 0 Å². The standard InChI is InChI=1S/C15H10BrNO2S/c16-12-3-1-2-10(6-12)8-19-15(18)11-4-5-13-14(7-11)20-9-17-13/h1-7,9H,8H2. The predicted octanol–water partition coefficient (Wildman–Crippen LogP) is 4.42. The Hall–Kier alpha value is -1.72. The van der Waals surface area contributed by atoms with E-state index in [0.29, 0.717) is 5.56 Å². The van der Waals surface area contributed by atoms with Gasteiger partial charge in [-0.15, -0.1) is 11.3 Å². The van der Waals surface area contributed by atoms with Crippen molar-refractivity contribution in [3.05, 3.63) is 63.6 Å². The van der Waals surface area contributed by atoms with Gasteiger partial charge in [0.05, 0.1) is 21.3 Å². The molecule has 5 heteroatoms. The van der Waals surface area contributed by atoms with Crippen LogP contribution in [0.3, 0.4) is 0 Å². The molecule has 0 saturated carbocycles. The van der Waals surface area contributed by atoms with Crippen LogP contribution in [0.2, 0.25) is 0 Å². The molecule has 1 heterocycles. The molecule has 0 saturated heterocycles. The van der Waals surface area contributed by atoms with E-state index in [1.165, 1.54) is 11.3 Å². The maximum atomic E-state index is 12.0. The van der Waals surface area contributed by atoms with Gasteiger partial charge in [0, 0.05) is 4.47 Å². The highest BCUT2D eigenvalue weighted by Crippen LogP contribution is 2.20. The second-order valence-electron chi connectivity index (χ2n) is 4.24. The highest BCUT2D eigenvalue weighted by molar-refractivity contribution is 9.10. The van der Waals surface area contributed by atoms with Gasteiger partial charge in [0.15, 0.2) is 0 Å². The lowest BCUT2D eigenvalue weighted by molar-refractivity contribution is 0.0473. The molecular weight excluding hydrogens is 338 g/mol. The third-order valence-corrected chi connectivity index (χ3v) is 4.11. The molecule has 3 aromatic rings. The number of thiazole rings is 1. The number of benzene rings is 2. The summed E-state index contributed by atoms with van der Waals surface area (Å²) in [4.78, 5) is 16.2. The number of hydrogen-bond donors (Lipinski definition) is 0. The molecule has 100 valence electrons. The average Bonchev–Trinajstić information content (AvgIpc) is 2.92. The fourth-order valence-corrected chi connectivity index (χ4v) is 3.00. The van der Waals surface area contributed by atoms with Crippen LogP contribution in [0.1, 0.15) is 15.9 Å². The topological polar surface area (TPSA) is 39.2 Å². The molecule has 0 aliphatic heterocycles. The first kappa shape index (κ1) is 13.3. The minimum Gasteiger partial charge on any atom is -0.457 e. The lowest BCUT2D eigenvalue weighted by Gasteiger charge is -2.05. The fourth-order valence-electron chi connectivity index (χ4n) is 1.84. The summed E-state index contributed by atoms with van der Waals surface area (Å²) in [5.41, 5.74) is 4.17. The molecule has 1 aromatic heterocycles. The predicted molar refractivity (Wildman–Crippen MR) is 82.9 cm³/mol. The first-order chi connectivity index (χ1) is 9.72. The highest BCUT2D eigenvalue weighted by Gasteiger charge is 2.09. The molecule has 0 radical (unpaired) electrons. The van der Waals surface area contributed by atoms with Crippen molar-refractivity contribution < 1.29 is 9.53 Å². The van der Waals surface area contributed by atoms with E-state index in [4.69, 9.17) is 4.74 Å². The molecule has 2 aromatic carbocycles. The molecule has 0 aliphatic rings. The van der Waals surface area contributed by atoms with Crippen molar-refractivity contribution in [3.63, 3.8) is 0 Å². The number of rotatable bonds is 3. The van der Waals surface area contributed by atoms with Gasteiger partial charge in [-0.2, -0.15) is 0 Å². The normalized spacial score (nSPS) is 10.7. The fraction of sp³-hybridized carbons (Fsp3) is 0.0667. The maximum Gasteiger partial charge on any atom is 0.338 e. The summed E-state index contributed by atoms with van der Waals surface area (Å²) in [6, 6.07) is 13.1. The number of nitrogens with zero attached hydrogens (tertiary/aromatic N) is 1. The molecule has 0 atom stereocenters. The first-order valence-corrected chi connectivity index (χ1v) is 7.64. The van der Waals surface area contributed by atoms with Crippen LogP contribution in [-0.4, -0.2) is 11.0 Å². The third kappa shape index (κ3) is 2.89. The zero-order valence-electron chi connectivity index (χ0n) is 10.4. The molecule has 0 fully saturated rings. The highest BCUT2D eigenvalue weighted by atomic mass is 79.9. The zero-order chi connectivity index (χ0) is 13.9. The van der Waals surface area contributed by atoms with E-state index < -0.39 is 0 Å². The minimum atomic E-state index is -0.319. The van der Waals surface area contributed by atoms with Gasteiger partial charge < -0.3 is 4.74 Å². The average molecular weight is 348 g/mol. The van der Waals surface area contributed by atoms with Crippen LogP contribution < -0.4 is 0 Å². The quantitative estimate of drug-likeness (QED) is 0.658. The molecule has 0 aliphatic carbocycles. The van der Waals surface area contributed by atoms with E-state index in [1.54, 1.807) is 11.6 Å². The van der Waals surface area contributed by atoms with Crippen LogP contribution in [-0.2, 0) is 11.3 Å². The van der Waals surface area contributed by atoms with Crippen molar-refractivity contribution in [2.45, 2.75) is 6.61 Å². The maximum absolute atomic E-state index is 12.0. The first-order valence-electron chi connectivity index (χ1n) is 5.97. The Labute approximate surface area is 128 Å². The van der Waals surface area contributed by atoms with Gasteiger partial charge in [-0.05, 0) is 35.9 Å². The summed E-state index contributed by atoms with van der Waals surface area (Å²) in [6.07, 6.45) is 0. The number of aromatic nitrogens is 1. The van der Waals surface area contributed by atoms with Crippen molar-refractivity contribution in [2.75, 3.05) is 0 Å². The van der Waals surface area contributed by atoms with Crippen LogP contribution in [0.15, 0.2) is 52.4 Å². The number of carbonyl (C=O) groups is 1. The Morgan fingerprint density at radius 1 is 1.25 bits per heavy atom. The lowest BCUT2D eigenvalue weighted by Crippen LogP contribution is -2.05. The number of fused-ring (bicyclic) bond motifs is 1. The molecular formula is C15H10BrNO2S. The largest absolute Gasteiger partial charge is 0.457 e.